The normalized spacial score (nSPS) is 17.8. The van der Waals surface area contributed by atoms with Crippen LogP contribution in [0, 0.1) is 0 Å². The van der Waals surface area contributed by atoms with Crippen molar-refractivity contribution in [1.29, 1.82) is 0 Å². The molecule has 0 spiro atoms. The molecule has 0 bridgehead atoms. The van der Waals surface area contributed by atoms with Gasteiger partial charge in [-0.05, 0) is 57.4 Å². The van der Waals surface area contributed by atoms with Crippen molar-refractivity contribution in [2.75, 3.05) is 13.2 Å². The maximum atomic E-state index is 5.80. The first-order chi connectivity index (χ1) is 9.74. The molecule has 1 aliphatic carbocycles. The Balaban J connectivity index is 2.01. The summed E-state index contributed by atoms with van der Waals surface area (Å²) in [7, 11) is 0. The van der Waals surface area contributed by atoms with E-state index in [-0.39, 0.29) is 12.1 Å². The fraction of sp³-hybridized carbons (Fsp3) is 0.647. The average molecular weight is 277 g/mol. The van der Waals surface area contributed by atoms with E-state index in [4.69, 9.17) is 9.47 Å². The summed E-state index contributed by atoms with van der Waals surface area (Å²) < 4.78 is 11.6. The fourth-order valence-corrected chi connectivity index (χ4v) is 2.35. The van der Waals surface area contributed by atoms with Gasteiger partial charge in [0.1, 0.15) is 5.75 Å². The van der Waals surface area contributed by atoms with Crippen molar-refractivity contribution in [2.24, 2.45) is 0 Å². The third-order valence-electron chi connectivity index (χ3n) is 3.58. The molecule has 2 rings (SSSR count). The zero-order valence-corrected chi connectivity index (χ0v) is 12.9. The summed E-state index contributed by atoms with van der Waals surface area (Å²) in [6.45, 7) is 8.10. The Hall–Kier alpha value is -1.06. The van der Waals surface area contributed by atoms with Gasteiger partial charge in [-0.3, -0.25) is 0 Å². The minimum Gasteiger partial charge on any atom is -0.490 e. The Labute approximate surface area is 122 Å². The molecule has 0 radical (unpaired) electrons. The monoisotopic (exact) mass is 277 g/mol. The highest BCUT2D eigenvalue weighted by molar-refractivity contribution is 5.30. The minimum absolute atomic E-state index is 0.168. The second-order valence-corrected chi connectivity index (χ2v) is 5.48. The summed E-state index contributed by atoms with van der Waals surface area (Å²) in [5.41, 5.74) is 1.27. The Morgan fingerprint density at radius 2 is 1.90 bits per heavy atom. The predicted molar refractivity (Wildman–Crippen MR) is 82.2 cm³/mol. The van der Waals surface area contributed by atoms with Gasteiger partial charge in [-0.1, -0.05) is 19.1 Å². The highest BCUT2D eigenvalue weighted by Crippen LogP contribution is 2.28. The Morgan fingerprint density at radius 3 is 2.45 bits per heavy atom. The molecule has 1 N–H and O–H groups in total. The van der Waals surface area contributed by atoms with Gasteiger partial charge in [0, 0.05) is 6.61 Å². The van der Waals surface area contributed by atoms with E-state index < -0.39 is 0 Å². The Bertz CT molecular complexity index is 386. The first-order valence-electron chi connectivity index (χ1n) is 7.86. The zero-order chi connectivity index (χ0) is 14.4. The average Bonchev–Trinajstić information content (AvgIpc) is 3.25. The molecule has 2 atom stereocenters. The van der Waals surface area contributed by atoms with Crippen LogP contribution in [0.15, 0.2) is 24.3 Å². The Morgan fingerprint density at radius 1 is 1.20 bits per heavy atom. The SMILES string of the molecule is CCCNC(c1ccc(OC2CC2)cc1)C(C)OCC. The molecule has 1 aliphatic rings. The summed E-state index contributed by atoms with van der Waals surface area (Å²) in [4.78, 5) is 0. The fourth-order valence-electron chi connectivity index (χ4n) is 2.35. The van der Waals surface area contributed by atoms with E-state index in [2.05, 4.69) is 43.4 Å². The van der Waals surface area contributed by atoms with Crippen LogP contribution in [0.25, 0.3) is 0 Å². The van der Waals surface area contributed by atoms with Crippen molar-refractivity contribution in [3.63, 3.8) is 0 Å². The van der Waals surface area contributed by atoms with E-state index in [1.165, 1.54) is 18.4 Å². The van der Waals surface area contributed by atoms with Crippen molar-refractivity contribution in [1.82, 2.24) is 5.32 Å². The first-order valence-corrected chi connectivity index (χ1v) is 7.86. The summed E-state index contributed by atoms with van der Waals surface area (Å²) in [6.07, 6.45) is 4.14. The van der Waals surface area contributed by atoms with E-state index in [9.17, 15) is 0 Å². The summed E-state index contributed by atoms with van der Waals surface area (Å²) >= 11 is 0. The van der Waals surface area contributed by atoms with E-state index in [0.29, 0.717) is 6.10 Å². The van der Waals surface area contributed by atoms with Crippen LogP contribution < -0.4 is 10.1 Å². The van der Waals surface area contributed by atoms with Gasteiger partial charge in [0.2, 0.25) is 0 Å². The summed E-state index contributed by atoms with van der Waals surface area (Å²) in [5.74, 6) is 0.981. The molecular weight excluding hydrogens is 250 g/mol. The number of benzene rings is 1. The van der Waals surface area contributed by atoms with Gasteiger partial charge >= 0.3 is 0 Å². The molecule has 3 nitrogen and oxygen atoms in total. The minimum atomic E-state index is 0.168. The van der Waals surface area contributed by atoms with Crippen LogP contribution in [0.5, 0.6) is 5.75 Å². The lowest BCUT2D eigenvalue weighted by molar-refractivity contribution is 0.0472. The molecule has 20 heavy (non-hydrogen) atoms. The topological polar surface area (TPSA) is 30.5 Å². The van der Waals surface area contributed by atoms with Crippen LogP contribution in [0.2, 0.25) is 0 Å². The number of nitrogens with one attached hydrogen (secondary N) is 1. The van der Waals surface area contributed by atoms with Crippen molar-refractivity contribution >= 4 is 0 Å². The smallest absolute Gasteiger partial charge is 0.119 e. The first kappa shape index (κ1) is 15.3. The molecule has 2 unspecified atom stereocenters. The van der Waals surface area contributed by atoms with Gasteiger partial charge in [0.25, 0.3) is 0 Å². The van der Waals surface area contributed by atoms with E-state index in [1.807, 2.05) is 6.92 Å². The van der Waals surface area contributed by atoms with Crippen molar-refractivity contribution in [3.8, 4) is 5.75 Å². The number of rotatable bonds is 9. The van der Waals surface area contributed by atoms with Crippen molar-refractivity contribution in [2.45, 2.75) is 58.3 Å². The van der Waals surface area contributed by atoms with Crippen LogP contribution >= 0.6 is 0 Å². The van der Waals surface area contributed by atoms with Gasteiger partial charge in [0.05, 0.1) is 18.2 Å². The van der Waals surface area contributed by atoms with Crippen LogP contribution in [0.4, 0.5) is 0 Å². The highest BCUT2D eigenvalue weighted by Gasteiger charge is 2.24. The molecule has 112 valence electrons. The molecule has 1 aromatic carbocycles. The molecule has 0 aliphatic heterocycles. The van der Waals surface area contributed by atoms with E-state index in [1.54, 1.807) is 0 Å². The molecule has 1 saturated carbocycles. The second-order valence-electron chi connectivity index (χ2n) is 5.48. The van der Waals surface area contributed by atoms with Crippen molar-refractivity contribution in [3.05, 3.63) is 29.8 Å². The lowest BCUT2D eigenvalue weighted by Crippen LogP contribution is -2.32. The molecule has 0 heterocycles. The molecule has 1 aromatic rings. The zero-order valence-electron chi connectivity index (χ0n) is 12.9. The molecular formula is C17H27NO2. The van der Waals surface area contributed by atoms with Crippen LogP contribution in [-0.4, -0.2) is 25.4 Å². The number of hydrogen-bond donors (Lipinski definition) is 1. The maximum absolute atomic E-state index is 5.80. The van der Waals surface area contributed by atoms with Crippen molar-refractivity contribution < 1.29 is 9.47 Å². The maximum Gasteiger partial charge on any atom is 0.119 e. The highest BCUT2D eigenvalue weighted by atomic mass is 16.5. The lowest BCUT2D eigenvalue weighted by atomic mass is 10.0. The molecule has 1 fully saturated rings. The summed E-state index contributed by atoms with van der Waals surface area (Å²) in [5, 5.41) is 3.58. The molecule has 0 aromatic heterocycles. The van der Waals surface area contributed by atoms with Crippen LogP contribution in [0.1, 0.15) is 51.6 Å². The van der Waals surface area contributed by atoms with Crippen LogP contribution in [0.3, 0.4) is 0 Å². The van der Waals surface area contributed by atoms with Gasteiger partial charge in [-0.15, -0.1) is 0 Å². The Kier molecular flexibility index (Phi) is 5.86. The largest absolute Gasteiger partial charge is 0.490 e. The van der Waals surface area contributed by atoms with Gasteiger partial charge < -0.3 is 14.8 Å². The third-order valence-corrected chi connectivity index (χ3v) is 3.58. The lowest BCUT2D eigenvalue weighted by Gasteiger charge is -2.25. The number of hydrogen-bond acceptors (Lipinski definition) is 3. The number of ether oxygens (including phenoxy) is 2. The molecule has 0 amide bonds. The third kappa shape index (κ3) is 4.50. The van der Waals surface area contributed by atoms with Gasteiger partial charge in [-0.25, -0.2) is 0 Å². The van der Waals surface area contributed by atoms with Gasteiger partial charge in [0.15, 0.2) is 0 Å². The van der Waals surface area contributed by atoms with E-state index in [0.717, 1.165) is 25.3 Å². The quantitative estimate of drug-likeness (QED) is 0.746. The van der Waals surface area contributed by atoms with Gasteiger partial charge in [-0.2, -0.15) is 0 Å². The molecule has 0 saturated heterocycles. The molecule has 3 heteroatoms. The summed E-state index contributed by atoms with van der Waals surface area (Å²) in [6, 6.07) is 8.70. The standard InChI is InChI=1S/C17H27NO2/c1-4-12-18-17(13(3)19-5-2)14-6-8-15(9-7-14)20-16-10-11-16/h6-9,13,16-18H,4-5,10-12H2,1-3H3. The predicted octanol–water partition coefficient (Wildman–Crippen LogP) is 3.69. The van der Waals surface area contributed by atoms with Crippen LogP contribution in [-0.2, 0) is 4.74 Å². The van der Waals surface area contributed by atoms with E-state index >= 15 is 0 Å². The second kappa shape index (κ2) is 7.65.